The van der Waals surface area contributed by atoms with Crippen LogP contribution in [0.5, 0.6) is 0 Å². The number of rotatable bonds is 1. The second-order valence-corrected chi connectivity index (χ2v) is 2.93. The fourth-order valence-corrected chi connectivity index (χ4v) is 1.24. The summed E-state index contributed by atoms with van der Waals surface area (Å²) in [5.41, 5.74) is 6.40. The standard InChI is InChI=1S/C6H9N3S/c1-4(8-2)5-3-9-6(7)10-5/h3H,1-2H3,(H2,7,9)/b8-4+. The zero-order chi connectivity index (χ0) is 7.56. The van der Waals surface area contributed by atoms with Crippen LogP contribution in [0.3, 0.4) is 0 Å². The molecule has 1 rings (SSSR count). The van der Waals surface area contributed by atoms with Gasteiger partial charge in [0.05, 0.1) is 10.6 Å². The molecule has 0 aliphatic rings. The maximum atomic E-state index is 5.42. The van der Waals surface area contributed by atoms with E-state index in [4.69, 9.17) is 5.73 Å². The quantitative estimate of drug-likeness (QED) is 0.619. The number of aliphatic imine (C=N–C) groups is 1. The molecule has 0 aromatic carbocycles. The number of thiazole rings is 1. The predicted molar refractivity (Wildman–Crippen MR) is 44.7 cm³/mol. The van der Waals surface area contributed by atoms with Gasteiger partial charge in [0.1, 0.15) is 0 Å². The van der Waals surface area contributed by atoms with Crippen molar-refractivity contribution in [3.8, 4) is 0 Å². The maximum Gasteiger partial charge on any atom is 0.180 e. The Hall–Kier alpha value is -0.900. The molecule has 54 valence electrons. The van der Waals surface area contributed by atoms with Gasteiger partial charge in [0, 0.05) is 13.2 Å². The van der Waals surface area contributed by atoms with Gasteiger partial charge in [-0.2, -0.15) is 0 Å². The molecule has 0 unspecified atom stereocenters. The number of nitrogens with zero attached hydrogens (tertiary/aromatic N) is 2. The Kier molecular flexibility index (Phi) is 2.01. The van der Waals surface area contributed by atoms with Crippen molar-refractivity contribution in [2.75, 3.05) is 12.8 Å². The lowest BCUT2D eigenvalue weighted by atomic mass is 10.4. The molecule has 0 aliphatic carbocycles. The van der Waals surface area contributed by atoms with E-state index in [0.29, 0.717) is 5.13 Å². The summed E-state index contributed by atoms with van der Waals surface area (Å²) in [7, 11) is 1.76. The third-order valence-corrected chi connectivity index (χ3v) is 2.15. The normalized spacial score (nSPS) is 12.0. The van der Waals surface area contributed by atoms with Gasteiger partial charge in [-0.05, 0) is 6.92 Å². The van der Waals surface area contributed by atoms with Crippen LogP contribution in [-0.4, -0.2) is 17.7 Å². The number of aromatic nitrogens is 1. The maximum absolute atomic E-state index is 5.42. The van der Waals surface area contributed by atoms with Gasteiger partial charge in [0.25, 0.3) is 0 Å². The van der Waals surface area contributed by atoms with Crippen molar-refractivity contribution in [1.29, 1.82) is 0 Å². The molecule has 0 radical (unpaired) electrons. The molecule has 1 aromatic heterocycles. The minimum atomic E-state index is 0.595. The minimum Gasteiger partial charge on any atom is -0.375 e. The van der Waals surface area contributed by atoms with E-state index in [1.807, 2.05) is 6.92 Å². The fourth-order valence-electron chi connectivity index (χ4n) is 0.565. The highest BCUT2D eigenvalue weighted by Crippen LogP contribution is 2.14. The number of anilines is 1. The molecule has 0 amide bonds. The van der Waals surface area contributed by atoms with Crippen molar-refractivity contribution in [2.45, 2.75) is 6.92 Å². The molecule has 2 N–H and O–H groups in total. The van der Waals surface area contributed by atoms with Crippen LogP contribution in [0.1, 0.15) is 11.8 Å². The van der Waals surface area contributed by atoms with Crippen molar-refractivity contribution in [2.24, 2.45) is 4.99 Å². The Morgan fingerprint density at radius 1 is 1.80 bits per heavy atom. The van der Waals surface area contributed by atoms with Crippen LogP contribution in [0.2, 0.25) is 0 Å². The van der Waals surface area contributed by atoms with E-state index in [1.165, 1.54) is 11.3 Å². The minimum absolute atomic E-state index is 0.595. The largest absolute Gasteiger partial charge is 0.375 e. The van der Waals surface area contributed by atoms with Gasteiger partial charge >= 0.3 is 0 Å². The summed E-state index contributed by atoms with van der Waals surface area (Å²) < 4.78 is 0. The molecule has 0 aliphatic heterocycles. The van der Waals surface area contributed by atoms with Crippen LogP contribution in [0.15, 0.2) is 11.2 Å². The SMILES string of the molecule is C/N=C(\C)c1cnc(N)s1. The first kappa shape index (κ1) is 7.21. The molecule has 4 heteroatoms. The average Bonchev–Trinajstić information content (AvgIpc) is 2.34. The van der Waals surface area contributed by atoms with E-state index < -0.39 is 0 Å². The van der Waals surface area contributed by atoms with Crippen LogP contribution in [0.25, 0.3) is 0 Å². The Labute approximate surface area is 63.6 Å². The molecule has 10 heavy (non-hydrogen) atoms. The summed E-state index contributed by atoms with van der Waals surface area (Å²) in [6, 6.07) is 0. The second-order valence-electron chi connectivity index (χ2n) is 1.87. The van der Waals surface area contributed by atoms with Crippen LogP contribution in [-0.2, 0) is 0 Å². The molecule has 0 saturated heterocycles. The van der Waals surface area contributed by atoms with Crippen LogP contribution < -0.4 is 5.73 Å². The van der Waals surface area contributed by atoms with Crippen LogP contribution in [0, 0.1) is 0 Å². The zero-order valence-electron chi connectivity index (χ0n) is 5.96. The Morgan fingerprint density at radius 3 is 2.90 bits per heavy atom. The molecule has 1 heterocycles. The predicted octanol–water partition coefficient (Wildman–Crippen LogP) is 1.16. The Bertz CT molecular complexity index is 251. The summed E-state index contributed by atoms with van der Waals surface area (Å²) >= 11 is 1.46. The third-order valence-electron chi connectivity index (χ3n) is 1.22. The van der Waals surface area contributed by atoms with E-state index in [1.54, 1.807) is 13.2 Å². The van der Waals surface area contributed by atoms with Gasteiger partial charge in [-0.3, -0.25) is 4.99 Å². The summed E-state index contributed by atoms with van der Waals surface area (Å²) in [4.78, 5) is 8.95. The summed E-state index contributed by atoms with van der Waals surface area (Å²) in [6.07, 6.45) is 1.74. The topological polar surface area (TPSA) is 51.3 Å². The van der Waals surface area contributed by atoms with Crippen molar-refractivity contribution >= 4 is 22.2 Å². The van der Waals surface area contributed by atoms with Gasteiger partial charge in [0.15, 0.2) is 5.13 Å². The lowest BCUT2D eigenvalue weighted by molar-refractivity contribution is 1.39. The first-order valence-corrected chi connectivity index (χ1v) is 3.70. The first-order chi connectivity index (χ1) is 4.74. The smallest absolute Gasteiger partial charge is 0.180 e. The van der Waals surface area contributed by atoms with Gasteiger partial charge in [-0.25, -0.2) is 4.98 Å². The molecule has 0 spiro atoms. The van der Waals surface area contributed by atoms with E-state index >= 15 is 0 Å². The summed E-state index contributed by atoms with van der Waals surface area (Å²) in [5, 5.41) is 0.595. The highest BCUT2D eigenvalue weighted by molar-refractivity contribution is 7.17. The highest BCUT2D eigenvalue weighted by atomic mass is 32.1. The fraction of sp³-hybridized carbons (Fsp3) is 0.333. The Balaban J connectivity index is 2.95. The monoisotopic (exact) mass is 155 g/mol. The van der Waals surface area contributed by atoms with Crippen molar-refractivity contribution in [3.63, 3.8) is 0 Å². The average molecular weight is 155 g/mol. The number of hydrogen-bond acceptors (Lipinski definition) is 4. The van der Waals surface area contributed by atoms with Crippen molar-refractivity contribution < 1.29 is 0 Å². The van der Waals surface area contributed by atoms with E-state index in [2.05, 4.69) is 9.98 Å². The lowest BCUT2D eigenvalue weighted by Gasteiger charge is -1.88. The second kappa shape index (κ2) is 2.79. The van der Waals surface area contributed by atoms with Crippen molar-refractivity contribution in [1.82, 2.24) is 4.98 Å². The van der Waals surface area contributed by atoms with E-state index in [0.717, 1.165) is 10.6 Å². The molecule has 3 nitrogen and oxygen atoms in total. The van der Waals surface area contributed by atoms with Crippen LogP contribution in [0.4, 0.5) is 5.13 Å². The van der Waals surface area contributed by atoms with E-state index in [-0.39, 0.29) is 0 Å². The number of nitrogens with two attached hydrogens (primary N) is 1. The third kappa shape index (κ3) is 1.33. The summed E-state index contributed by atoms with van der Waals surface area (Å²) in [6.45, 7) is 1.94. The molecule has 1 aromatic rings. The molecular formula is C6H9N3S. The first-order valence-electron chi connectivity index (χ1n) is 2.89. The van der Waals surface area contributed by atoms with Crippen LogP contribution >= 0.6 is 11.3 Å². The van der Waals surface area contributed by atoms with E-state index in [9.17, 15) is 0 Å². The molecule has 0 saturated carbocycles. The number of nitrogen functional groups attached to an aromatic ring is 1. The lowest BCUT2D eigenvalue weighted by Crippen LogP contribution is -1.87. The van der Waals surface area contributed by atoms with Gasteiger partial charge in [0.2, 0.25) is 0 Å². The molecular weight excluding hydrogens is 146 g/mol. The van der Waals surface area contributed by atoms with Gasteiger partial charge in [-0.1, -0.05) is 11.3 Å². The summed E-state index contributed by atoms with van der Waals surface area (Å²) in [5.74, 6) is 0. The zero-order valence-corrected chi connectivity index (χ0v) is 6.77. The molecule has 0 bridgehead atoms. The number of hydrogen-bond donors (Lipinski definition) is 1. The molecule has 0 atom stereocenters. The Morgan fingerprint density at radius 2 is 2.50 bits per heavy atom. The van der Waals surface area contributed by atoms with Gasteiger partial charge in [-0.15, -0.1) is 0 Å². The van der Waals surface area contributed by atoms with Crippen molar-refractivity contribution in [3.05, 3.63) is 11.1 Å². The van der Waals surface area contributed by atoms with Gasteiger partial charge < -0.3 is 5.73 Å². The highest BCUT2D eigenvalue weighted by Gasteiger charge is 1.99. The molecule has 0 fully saturated rings.